The number of hydrogen-bond donors (Lipinski definition) is 1. The summed E-state index contributed by atoms with van der Waals surface area (Å²) in [7, 11) is -3.39. The summed E-state index contributed by atoms with van der Waals surface area (Å²) in [5.74, 6) is 0.251. The van der Waals surface area contributed by atoms with Gasteiger partial charge in [0.05, 0.1) is 0 Å². The van der Waals surface area contributed by atoms with E-state index in [-0.39, 0.29) is 16.9 Å². The smallest absolute Gasteiger partial charge is 0.244 e. The highest BCUT2D eigenvalue weighted by atomic mass is 32.2. The Balaban J connectivity index is 2.19. The second-order valence-corrected chi connectivity index (χ2v) is 6.40. The van der Waals surface area contributed by atoms with Crippen LogP contribution in [0.3, 0.4) is 0 Å². The molecule has 1 fully saturated rings. The highest BCUT2D eigenvalue weighted by molar-refractivity contribution is 7.89. The molecule has 2 N–H and O–H groups in total. The van der Waals surface area contributed by atoms with E-state index in [1.165, 1.54) is 10.5 Å². The van der Waals surface area contributed by atoms with E-state index in [4.69, 9.17) is 5.73 Å². The fourth-order valence-electron chi connectivity index (χ4n) is 2.05. The van der Waals surface area contributed by atoms with Crippen molar-refractivity contribution in [3.05, 3.63) is 24.5 Å². The molecule has 0 spiro atoms. The van der Waals surface area contributed by atoms with Crippen molar-refractivity contribution in [3.8, 4) is 0 Å². The first-order valence-electron chi connectivity index (χ1n) is 5.67. The number of aromatic nitrogens is 1. The predicted molar refractivity (Wildman–Crippen MR) is 64.8 cm³/mol. The van der Waals surface area contributed by atoms with E-state index in [0.29, 0.717) is 13.1 Å². The lowest BCUT2D eigenvalue weighted by molar-refractivity contribution is 0.429. The van der Waals surface area contributed by atoms with Gasteiger partial charge in [-0.05, 0) is 31.4 Å². The molecule has 0 saturated carbocycles. The minimum Gasteiger partial charge on any atom is -0.328 e. The van der Waals surface area contributed by atoms with Gasteiger partial charge < -0.3 is 5.73 Å². The van der Waals surface area contributed by atoms with Gasteiger partial charge in [-0.3, -0.25) is 4.98 Å². The Morgan fingerprint density at radius 1 is 1.59 bits per heavy atom. The van der Waals surface area contributed by atoms with Crippen LogP contribution in [0.1, 0.15) is 13.3 Å². The van der Waals surface area contributed by atoms with Crippen LogP contribution in [0.2, 0.25) is 0 Å². The molecule has 2 heterocycles. The van der Waals surface area contributed by atoms with Crippen LogP contribution in [-0.2, 0) is 10.0 Å². The Labute approximate surface area is 102 Å². The monoisotopic (exact) mass is 255 g/mol. The molecule has 6 heteroatoms. The summed E-state index contributed by atoms with van der Waals surface area (Å²) in [5.41, 5.74) is 5.81. The minimum absolute atomic E-state index is 0.0316. The molecule has 1 aromatic heterocycles. The third-order valence-electron chi connectivity index (χ3n) is 3.20. The van der Waals surface area contributed by atoms with E-state index >= 15 is 0 Å². The molecule has 0 amide bonds. The van der Waals surface area contributed by atoms with Crippen molar-refractivity contribution in [2.24, 2.45) is 11.7 Å². The summed E-state index contributed by atoms with van der Waals surface area (Å²) in [6.45, 7) is 2.98. The summed E-state index contributed by atoms with van der Waals surface area (Å²) in [6.07, 6.45) is 3.78. The molecule has 0 radical (unpaired) electrons. The van der Waals surface area contributed by atoms with Crippen LogP contribution in [-0.4, -0.2) is 36.8 Å². The predicted octanol–water partition coefficient (Wildman–Crippen LogP) is 0.439. The van der Waals surface area contributed by atoms with Gasteiger partial charge in [-0.15, -0.1) is 0 Å². The number of nitrogens with zero attached hydrogens (tertiary/aromatic N) is 2. The quantitative estimate of drug-likeness (QED) is 0.850. The standard InChI is InChI=1S/C11H17N3O2S/c1-9(12)10-4-6-14(8-10)17(15,16)11-3-2-5-13-7-11/h2-3,5,7,9-10H,4,6,8,12H2,1H3. The Hall–Kier alpha value is -0.980. The van der Waals surface area contributed by atoms with Crippen LogP contribution in [0.25, 0.3) is 0 Å². The average Bonchev–Trinajstić information content (AvgIpc) is 2.80. The number of nitrogens with two attached hydrogens (primary N) is 1. The van der Waals surface area contributed by atoms with Gasteiger partial charge in [-0.2, -0.15) is 4.31 Å². The molecule has 1 saturated heterocycles. The maximum Gasteiger partial charge on any atom is 0.244 e. The summed E-state index contributed by atoms with van der Waals surface area (Å²) in [4.78, 5) is 4.10. The van der Waals surface area contributed by atoms with Crippen molar-refractivity contribution in [1.29, 1.82) is 0 Å². The Morgan fingerprint density at radius 2 is 2.35 bits per heavy atom. The topological polar surface area (TPSA) is 76.3 Å². The fraction of sp³-hybridized carbons (Fsp3) is 0.545. The van der Waals surface area contributed by atoms with Gasteiger partial charge in [-0.25, -0.2) is 8.42 Å². The first-order chi connectivity index (χ1) is 8.01. The maximum atomic E-state index is 12.2. The number of hydrogen-bond acceptors (Lipinski definition) is 4. The maximum absolute atomic E-state index is 12.2. The summed E-state index contributed by atoms with van der Waals surface area (Å²) >= 11 is 0. The highest BCUT2D eigenvalue weighted by Crippen LogP contribution is 2.25. The van der Waals surface area contributed by atoms with E-state index < -0.39 is 10.0 Å². The zero-order valence-corrected chi connectivity index (χ0v) is 10.6. The highest BCUT2D eigenvalue weighted by Gasteiger charge is 2.33. The molecular weight excluding hydrogens is 238 g/mol. The van der Waals surface area contributed by atoms with Crippen LogP contribution in [0.15, 0.2) is 29.4 Å². The van der Waals surface area contributed by atoms with Gasteiger partial charge in [0, 0.05) is 31.5 Å². The number of rotatable bonds is 3. The molecule has 2 unspecified atom stereocenters. The third kappa shape index (κ3) is 2.48. The molecule has 2 atom stereocenters. The summed E-state index contributed by atoms with van der Waals surface area (Å²) in [5, 5.41) is 0. The summed E-state index contributed by atoms with van der Waals surface area (Å²) < 4.78 is 26.0. The van der Waals surface area contributed by atoms with E-state index in [0.717, 1.165) is 6.42 Å². The van der Waals surface area contributed by atoms with Crippen LogP contribution in [0.4, 0.5) is 0 Å². The van der Waals surface area contributed by atoms with Gasteiger partial charge in [0.15, 0.2) is 0 Å². The zero-order valence-electron chi connectivity index (χ0n) is 9.78. The van der Waals surface area contributed by atoms with Crippen molar-refractivity contribution in [1.82, 2.24) is 9.29 Å². The zero-order chi connectivity index (χ0) is 12.5. The SMILES string of the molecule is CC(N)C1CCN(S(=O)(=O)c2cccnc2)C1. The lowest BCUT2D eigenvalue weighted by Crippen LogP contribution is -2.33. The summed E-state index contributed by atoms with van der Waals surface area (Å²) in [6, 6.07) is 3.23. The normalized spacial score (nSPS) is 23.8. The van der Waals surface area contributed by atoms with Crippen LogP contribution >= 0.6 is 0 Å². The molecule has 1 aromatic rings. The van der Waals surface area contributed by atoms with Gasteiger partial charge in [0.1, 0.15) is 4.90 Å². The lowest BCUT2D eigenvalue weighted by atomic mass is 10.0. The van der Waals surface area contributed by atoms with Gasteiger partial charge in [0.2, 0.25) is 10.0 Å². The Kier molecular flexibility index (Phi) is 3.46. The van der Waals surface area contributed by atoms with E-state index in [9.17, 15) is 8.42 Å². The molecule has 0 aliphatic carbocycles. The molecule has 17 heavy (non-hydrogen) atoms. The first kappa shape index (κ1) is 12.5. The molecule has 94 valence electrons. The molecule has 1 aliphatic rings. The molecule has 1 aliphatic heterocycles. The lowest BCUT2D eigenvalue weighted by Gasteiger charge is -2.17. The van der Waals surface area contributed by atoms with Crippen LogP contribution < -0.4 is 5.73 Å². The van der Waals surface area contributed by atoms with Crippen LogP contribution in [0.5, 0.6) is 0 Å². The van der Waals surface area contributed by atoms with Crippen molar-refractivity contribution >= 4 is 10.0 Å². The molecular formula is C11H17N3O2S. The molecule has 2 rings (SSSR count). The van der Waals surface area contributed by atoms with Gasteiger partial charge in [-0.1, -0.05) is 0 Å². The Bertz CT molecular complexity index is 473. The van der Waals surface area contributed by atoms with Crippen molar-refractivity contribution < 1.29 is 8.42 Å². The van der Waals surface area contributed by atoms with Crippen LogP contribution in [0, 0.1) is 5.92 Å². The van der Waals surface area contributed by atoms with Gasteiger partial charge in [0.25, 0.3) is 0 Å². The largest absolute Gasteiger partial charge is 0.328 e. The van der Waals surface area contributed by atoms with Crippen molar-refractivity contribution in [2.45, 2.75) is 24.3 Å². The van der Waals surface area contributed by atoms with Gasteiger partial charge >= 0.3 is 0 Å². The van der Waals surface area contributed by atoms with E-state index in [1.54, 1.807) is 18.3 Å². The number of sulfonamides is 1. The average molecular weight is 255 g/mol. The molecule has 0 aromatic carbocycles. The Morgan fingerprint density at radius 3 is 2.88 bits per heavy atom. The minimum atomic E-state index is -3.39. The molecule has 5 nitrogen and oxygen atoms in total. The number of pyridine rings is 1. The second-order valence-electron chi connectivity index (χ2n) is 4.46. The third-order valence-corrected chi connectivity index (χ3v) is 5.05. The first-order valence-corrected chi connectivity index (χ1v) is 7.11. The van der Waals surface area contributed by atoms with Crippen molar-refractivity contribution in [2.75, 3.05) is 13.1 Å². The second kappa shape index (κ2) is 4.72. The fourth-order valence-corrected chi connectivity index (χ4v) is 3.53. The van der Waals surface area contributed by atoms with Crippen molar-refractivity contribution in [3.63, 3.8) is 0 Å². The van der Waals surface area contributed by atoms with E-state index in [2.05, 4.69) is 4.98 Å². The molecule has 0 bridgehead atoms. The van der Waals surface area contributed by atoms with E-state index in [1.807, 2.05) is 6.92 Å².